The Morgan fingerprint density at radius 2 is 2.05 bits per heavy atom. The predicted octanol–water partition coefficient (Wildman–Crippen LogP) is 1.97. The van der Waals surface area contributed by atoms with Crippen molar-refractivity contribution in [2.45, 2.75) is 38.8 Å². The summed E-state index contributed by atoms with van der Waals surface area (Å²) in [5.41, 5.74) is 2.68. The number of aliphatic hydroxyl groups is 1. The Morgan fingerprint density at radius 1 is 1.37 bits per heavy atom. The van der Waals surface area contributed by atoms with Crippen LogP contribution in [0.3, 0.4) is 0 Å². The summed E-state index contributed by atoms with van der Waals surface area (Å²) in [5, 5.41) is 12.0. The summed E-state index contributed by atoms with van der Waals surface area (Å²) >= 11 is 0. The highest BCUT2D eigenvalue weighted by Gasteiger charge is 2.24. The summed E-state index contributed by atoms with van der Waals surface area (Å²) < 4.78 is 0. The van der Waals surface area contributed by atoms with E-state index in [2.05, 4.69) is 10.8 Å². The number of urea groups is 1. The van der Waals surface area contributed by atoms with Gasteiger partial charge in [0.2, 0.25) is 0 Å². The largest absolute Gasteiger partial charge is 0.394 e. The van der Waals surface area contributed by atoms with Gasteiger partial charge in [-0.15, -0.1) is 0 Å². The number of aliphatic hydroxyl groups excluding tert-OH is 1. The van der Waals surface area contributed by atoms with E-state index in [-0.39, 0.29) is 6.61 Å². The van der Waals surface area contributed by atoms with Crippen molar-refractivity contribution in [3.63, 3.8) is 0 Å². The van der Waals surface area contributed by atoms with Crippen LogP contribution in [0.2, 0.25) is 0 Å². The number of hydroxylamine groups is 1. The van der Waals surface area contributed by atoms with E-state index in [4.69, 9.17) is 4.84 Å². The van der Waals surface area contributed by atoms with Crippen molar-refractivity contribution in [1.82, 2.24) is 10.8 Å². The average Bonchev–Trinajstić information content (AvgIpc) is 2.40. The summed E-state index contributed by atoms with van der Waals surface area (Å²) in [6.07, 6.45) is 1.58. The predicted molar refractivity (Wildman–Crippen MR) is 73.3 cm³/mol. The van der Waals surface area contributed by atoms with Crippen LogP contribution in [0.25, 0.3) is 0 Å². The number of amides is 2. The highest BCUT2D eigenvalue weighted by molar-refractivity contribution is 5.73. The monoisotopic (exact) mass is 266 g/mol. The first-order valence-corrected chi connectivity index (χ1v) is 6.44. The third-order valence-corrected chi connectivity index (χ3v) is 2.81. The van der Waals surface area contributed by atoms with Gasteiger partial charge in [0.05, 0.1) is 18.8 Å². The number of hydrogen-bond acceptors (Lipinski definition) is 3. The molecule has 0 aliphatic heterocycles. The highest BCUT2D eigenvalue weighted by Crippen LogP contribution is 2.10. The minimum absolute atomic E-state index is 0.104. The molecule has 2 amide bonds. The number of carbonyl (C=O) groups is 1. The van der Waals surface area contributed by atoms with Crippen LogP contribution in [0, 0.1) is 0 Å². The van der Waals surface area contributed by atoms with Gasteiger partial charge < -0.3 is 10.4 Å². The quantitative estimate of drug-likeness (QED) is 0.661. The van der Waals surface area contributed by atoms with Gasteiger partial charge in [0.15, 0.2) is 0 Å². The van der Waals surface area contributed by atoms with E-state index in [1.165, 1.54) is 0 Å². The van der Waals surface area contributed by atoms with Gasteiger partial charge in [-0.3, -0.25) is 4.84 Å². The lowest BCUT2D eigenvalue weighted by Crippen LogP contribution is -2.52. The summed E-state index contributed by atoms with van der Waals surface area (Å²) in [6, 6.07) is 9.11. The molecular formula is C14H22N2O3. The Balaban J connectivity index is 2.31. The highest BCUT2D eigenvalue weighted by atomic mass is 16.7. The zero-order chi connectivity index (χ0) is 14.1. The van der Waals surface area contributed by atoms with Crippen LogP contribution < -0.4 is 10.8 Å². The summed E-state index contributed by atoms with van der Waals surface area (Å²) in [6.45, 7) is 4.00. The van der Waals surface area contributed by atoms with Gasteiger partial charge in [0, 0.05) is 0 Å². The van der Waals surface area contributed by atoms with E-state index < -0.39 is 11.6 Å². The number of rotatable bonds is 7. The lowest BCUT2D eigenvalue weighted by molar-refractivity contribution is 0.0437. The molecular weight excluding hydrogens is 244 g/mol. The zero-order valence-corrected chi connectivity index (χ0v) is 11.5. The van der Waals surface area contributed by atoms with Crippen LogP contribution >= 0.6 is 0 Å². The van der Waals surface area contributed by atoms with Crippen LogP contribution in [0.4, 0.5) is 4.79 Å². The molecule has 1 atom stereocenters. The van der Waals surface area contributed by atoms with Crippen molar-refractivity contribution in [3.05, 3.63) is 35.9 Å². The topological polar surface area (TPSA) is 70.6 Å². The van der Waals surface area contributed by atoms with Crippen molar-refractivity contribution in [3.8, 4) is 0 Å². The number of carbonyl (C=O) groups excluding carboxylic acids is 1. The fourth-order valence-electron chi connectivity index (χ4n) is 1.79. The van der Waals surface area contributed by atoms with E-state index in [1.54, 1.807) is 6.92 Å². The molecule has 0 fully saturated rings. The Bertz CT molecular complexity index is 384. The molecule has 0 saturated heterocycles. The molecule has 0 saturated carbocycles. The second-order valence-electron chi connectivity index (χ2n) is 4.80. The van der Waals surface area contributed by atoms with E-state index in [0.717, 1.165) is 12.0 Å². The van der Waals surface area contributed by atoms with Gasteiger partial charge in [0.1, 0.15) is 0 Å². The van der Waals surface area contributed by atoms with Gasteiger partial charge in [-0.25, -0.2) is 10.3 Å². The number of benzene rings is 1. The van der Waals surface area contributed by atoms with Gasteiger partial charge in [-0.1, -0.05) is 43.7 Å². The first-order chi connectivity index (χ1) is 9.09. The third kappa shape index (κ3) is 5.72. The van der Waals surface area contributed by atoms with Crippen LogP contribution in [0.5, 0.6) is 0 Å². The molecule has 1 aromatic rings. The maximum Gasteiger partial charge on any atom is 0.339 e. The molecule has 106 valence electrons. The smallest absolute Gasteiger partial charge is 0.339 e. The Morgan fingerprint density at radius 3 is 2.63 bits per heavy atom. The molecule has 5 nitrogen and oxygen atoms in total. The molecule has 1 rings (SSSR count). The maximum atomic E-state index is 11.6. The SMILES string of the molecule is CCCC(C)(CO)NC(=O)NOCc1ccccc1. The van der Waals surface area contributed by atoms with Gasteiger partial charge in [-0.05, 0) is 18.9 Å². The fraction of sp³-hybridized carbons (Fsp3) is 0.500. The van der Waals surface area contributed by atoms with Crippen molar-refractivity contribution in [2.75, 3.05) is 6.61 Å². The summed E-state index contributed by atoms with van der Waals surface area (Å²) in [4.78, 5) is 16.7. The molecule has 0 heterocycles. The van der Waals surface area contributed by atoms with Crippen LogP contribution in [0.1, 0.15) is 32.3 Å². The molecule has 0 spiro atoms. The van der Waals surface area contributed by atoms with E-state index in [1.807, 2.05) is 37.3 Å². The minimum atomic E-state index is -0.616. The van der Waals surface area contributed by atoms with Gasteiger partial charge in [0.25, 0.3) is 0 Å². The minimum Gasteiger partial charge on any atom is -0.394 e. The second-order valence-corrected chi connectivity index (χ2v) is 4.80. The Labute approximate surface area is 113 Å². The molecule has 0 radical (unpaired) electrons. The lowest BCUT2D eigenvalue weighted by Gasteiger charge is -2.28. The molecule has 3 N–H and O–H groups in total. The van der Waals surface area contributed by atoms with Crippen molar-refractivity contribution < 1.29 is 14.7 Å². The standard InChI is InChI=1S/C14H22N2O3/c1-3-9-14(2,11-17)15-13(18)16-19-10-12-7-5-4-6-8-12/h4-8,17H,3,9-11H2,1-2H3,(H2,15,16,18). The molecule has 5 heteroatoms. The van der Waals surface area contributed by atoms with E-state index >= 15 is 0 Å². The zero-order valence-electron chi connectivity index (χ0n) is 11.5. The fourth-order valence-corrected chi connectivity index (χ4v) is 1.79. The average molecular weight is 266 g/mol. The molecule has 1 aromatic carbocycles. The molecule has 0 bridgehead atoms. The van der Waals surface area contributed by atoms with Gasteiger partial charge >= 0.3 is 6.03 Å². The van der Waals surface area contributed by atoms with Crippen molar-refractivity contribution >= 4 is 6.03 Å². The van der Waals surface area contributed by atoms with Crippen molar-refractivity contribution in [1.29, 1.82) is 0 Å². The van der Waals surface area contributed by atoms with Crippen LogP contribution in [-0.4, -0.2) is 23.3 Å². The summed E-state index contributed by atoms with van der Waals surface area (Å²) in [5.74, 6) is 0. The summed E-state index contributed by atoms with van der Waals surface area (Å²) in [7, 11) is 0. The maximum absolute atomic E-state index is 11.6. The van der Waals surface area contributed by atoms with Gasteiger partial charge in [-0.2, -0.15) is 0 Å². The molecule has 0 aromatic heterocycles. The Kier molecular flexibility index (Phi) is 6.32. The number of hydrogen-bond donors (Lipinski definition) is 3. The number of nitrogens with one attached hydrogen (secondary N) is 2. The van der Waals surface area contributed by atoms with Crippen LogP contribution in [0.15, 0.2) is 30.3 Å². The van der Waals surface area contributed by atoms with Crippen molar-refractivity contribution in [2.24, 2.45) is 0 Å². The first kappa shape index (κ1) is 15.5. The van der Waals surface area contributed by atoms with E-state index in [9.17, 15) is 9.90 Å². The molecule has 19 heavy (non-hydrogen) atoms. The normalized spacial score (nSPS) is 13.6. The third-order valence-electron chi connectivity index (χ3n) is 2.81. The molecule has 0 aliphatic rings. The molecule has 1 unspecified atom stereocenters. The molecule has 0 aliphatic carbocycles. The second kappa shape index (κ2) is 7.76. The Hall–Kier alpha value is -1.59. The van der Waals surface area contributed by atoms with E-state index in [0.29, 0.717) is 13.0 Å². The first-order valence-electron chi connectivity index (χ1n) is 6.44. The van der Waals surface area contributed by atoms with Crippen LogP contribution in [-0.2, 0) is 11.4 Å². The lowest BCUT2D eigenvalue weighted by atomic mass is 9.98.